The largest absolute Gasteiger partial charge is 0.550 e. The molecular weight excluding hydrogens is 250 g/mol. The van der Waals surface area contributed by atoms with Gasteiger partial charge in [-0.15, -0.1) is 0 Å². The van der Waals surface area contributed by atoms with Gasteiger partial charge < -0.3 is 14.4 Å². The van der Waals surface area contributed by atoms with Gasteiger partial charge in [-0.25, -0.2) is 0 Å². The van der Waals surface area contributed by atoms with E-state index in [1.807, 2.05) is 0 Å². The molecule has 3 heteroatoms. The van der Waals surface area contributed by atoms with Crippen LogP contribution in [0.15, 0.2) is 0 Å². The molecule has 0 bridgehead atoms. The highest BCUT2D eigenvalue weighted by molar-refractivity contribution is 5.63. The average molecular weight is 285 g/mol. The van der Waals surface area contributed by atoms with Crippen LogP contribution in [0.2, 0.25) is 0 Å². The van der Waals surface area contributed by atoms with E-state index in [2.05, 4.69) is 20.9 Å². The highest BCUT2D eigenvalue weighted by atomic mass is 16.4. The van der Waals surface area contributed by atoms with E-state index in [1.165, 1.54) is 62.6 Å². The second-order valence-corrected chi connectivity index (χ2v) is 6.39. The summed E-state index contributed by atoms with van der Waals surface area (Å²) in [6.45, 7) is 8.69. The van der Waals surface area contributed by atoms with Gasteiger partial charge in [-0.2, -0.15) is 0 Å². The number of carbonyl (C=O) groups excluding carboxylic acids is 1. The third-order valence-corrected chi connectivity index (χ3v) is 4.18. The Balaban J connectivity index is 0.000000361. The van der Waals surface area contributed by atoms with Crippen LogP contribution in [0.3, 0.4) is 0 Å². The van der Waals surface area contributed by atoms with Crippen LogP contribution in [0.25, 0.3) is 0 Å². The molecule has 1 fully saturated rings. The standard InChI is InChI=1S/C9H20N.C8H16O2/c1-3-4-7-10(2)8-5-6-9-10;1-2-3-4-5-6-7-8(9)10/h3-9H2,1-2H3;2-7H2,1H3,(H,9,10)/q+1;/p-1. The summed E-state index contributed by atoms with van der Waals surface area (Å²) in [5.74, 6) is -0.920. The fourth-order valence-electron chi connectivity index (χ4n) is 2.74. The quantitative estimate of drug-likeness (QED) is 0.482. The van der Waals surface area contributed by atoms with E-state index in [0.29, 0.717) is 0 Å². The molecule has 0 radical (unpaired) electrons. The second-order valence-electron chi connectivity index (χ2n) is 6.39. The predicted octanol–water partition coefficient (Wildman–Crippen LogP) is 3.12. The number of rotatable bonds is 9. The molecular formula is C17H35NO2. The van der Waals surface area contributed by atoms with Crippen LogP contribution < -0.4 is 5.11 Å². The molecule has 0 aromatic rings. The third-order valence-electron chi connectivity index (χ3n) is 4.18. The molecule has 0 amide bonds. The van der Waals surface area contributed by atoms with Crippen molar-refractivity contribution in [3.8, 4) is 0 Å². The van der Waals surface area contributed by atoms with Gasteiger partial charge in [0.15, 0.2) is 0 Å². The van der Waals surface area contributed by atoms with Crippen molar-refractivity contribution < 1.29 is 14.4 Å². The van der Waals surface area contributed by atoms with E-state index >= 15 is 0 Å². The van der Waals surface area contributed by atoms with Crippen LogP contribution in [0, 0.1) is 0 Å². The molecule has 1 aliphatic heterocycles. The Morgan fingerprint density at radius 1 is 0.950 bits per heavy atom. The number of quaternary nitrogens is 1. The molecule has 0 spiro atoms. The molecule has 0 N–H and O–H groups in total. The fourth-order valence-corrected chi connectivity index (χ4v) is 2.74. The van der Waals surface area contributed by atoms with Crippen molar-refractivity contribution in [3.63, 3.8) is 0 Å². The Morgan fingerprint density at radius 2 is 1.50 bits per heavy atom. The van der Waals surface area contributed by atoms with Gasteiger partial charge in [0.1, 0.15) is 0 Å². The number of carboxylic acid groups (broad SMARTS) is 1. The van der Waals surface area contributed by atoms with Gasteiger partial charge >= 0.3 is 0 Å². The van der Waals surface area contributed by atoms with Gasteiger partial charge in [0, 0.05) is 18.8 Å². The topological polar surface area (TPSA) is 40.1 Å². The van der Waals surface area contributed by atoms with Crippen molar-refractivity contribution in [1.29, 1.82) is 0 Å². The molecule has 1 heterocycles. The first-order chi connectivity index (χ1) is 9.54. The number of carboxylic acids is 1. The first-order valence-corrected chi connectivity index (χ1v) is 8.57. The monoisotopic (exact) mass is 285 g/mol. The van der Waals surface area contributed by atoms with Crippen LogP contribution in [-0.4, -0.2) is 37.1 Å². The summed E-state index contributed by atoms with van der Waals surface area (Å²) < 4.78 is 1.36. The first-order valence-electron chi connectivity index (χ1n) is 8.57. The van der Waals surface area contributed by atoms with Gasteiger partial charge in [0.25, 0.3) is 0 Å². The minimum absolute atomic E-state index is 0.226. The van der Waals surface area contributed by atoms with E-state index in [0.717, 1.165) is 19.3 Å². The first kappa shape index (κ1) is 19.4. The lowest BCUT2D eigenvalue weighted by molar-refractivity contribution is -0.897. The van der Waals surface area contributed by atoms with E-state index < -0.39 is 5.97 Å². The van der Waals surface area contributed by atoms with Gasteiger partial charge in [0.2, 0.25) is 0 Å². The SMILES string of the molecule is CCCCCCCC(=O)[O-].CCCC[N+]1(C)CCCC1. The van der Waals surface area contributed by atoms with E-state index in [9.17, 15) is 9.90 Å². The minimum atomic E-state index is -0.920. The molecule has 0 saturated carbocycles. The summed E-state index contributed by atoms with van der Waals surface area (Å²) >= 11 is 0. The molecule has 1 rings (SSSR count). The molecule has 0 aliphatic carbocycles. The van der Waals surface area contributed by atoms with Gasteiger partial charge in [-0.05, 0) is 19.3 Å². The zero-order chi connectivity index (χ0) is 15.3. The van der Waals surface area contributed by atoms with Crippen molar-refractivity contribution in [3.05, 3.63) is 0 Å². The normalized spacial score (nSPS) is 16.6. The number of hydrogen-bond acceptors (Lipinski definition) is 2. The number of aliphatic carboxylic acids is 1. The molecule has 0 aromatic carbocycles. The van der Waals surface area contributed by atoms with Crippen molar-refractivity contribution in [1.82, 2.24) is 0 Å². The number of unbranched alkanes of at least 4 members (excludes halogenated alkanes) is 5. The highest BCUT2D eigenvalue weighted by Gasteiger charge is 2.25. The second kappa shape index (κ2) is 12.2. The Morgan fingerprint density at radius 3 is 2.00 bits per heavy atom. The van der Waals surface area contributed by atoms with Crippen molar-refractivity contribution >= 4 is 5.97 Å². The summed E-state index contributed by atoms with van der Waals surface area (Å²) in [6, 6.07) is 0. The van der Waals surface area contributed by atoms with Crippen LogP contribution >= 0.6 is 0 Å². The Labute approximate surface area is 126 Å². The Bertz CT molecular complexity index is 235. The van der Waals surface area contributed by atoms with Crippen LogP contribution in [0.5, 0.6) is 0 Å². The molecule has 1 saturated heterocycles. The lowest BCUT2D eigenvalue weighted by atomic mass is 10.1. The zero-order valence-electron chi connectivity index (χ0n) is 14.0. The summed E-state index contributed by atoms with van der Waals surface area (Å²) in [5.41, 5.74) is 0. The summed E-state index contributed by atoms with van der Waals surface area (Å²) in [6.07, 6.45) is 11.3. The van der Waals surface area contributed by atoms with Crippen LogP contribution in [0.1, 0.15) is 78.1 Å². The third kappa shape index (κ3) is 11.3. The molecule has 3 nitrogen and oxygen atoms in total. The number of carbonyl (C=O) groups is 1. The Hall–Kier alpha value is -0.570. The molecule has 0 aromatic heterocycles. The Kier molecular flexibility index (Phi) is 11.8. The van der Waals surface area contributed by atoms with E-state index in [-0.39, 0.29) is 6.42 Å². The minimum Gasteiger partial charge on any atom is -0.550 e. The van der Waals surface area contributed by atoms with E-state index in [1.54, 1.807) is 0 Å². The lowest BCUT2D eigenvalue weighted by Gasteiger charge is -2.28. The maximum Gasteiger partial charge on any atom is 0.0786 e. The molecule has 0 atom stereocenters. The van der Waals surface area contributed by atoms with Crippen LogP contribution in [0.4, 0.5) is 0 Å². The van der Waals surface area contributed by atoms with E-state index in [4.69, 9.17) is 0 Å². The molecule has 1 aliphatic rings. The maximum absolute atomic E-state index is 9.92. The summed E-state index contributed by atoms with van der Waals surface area (Å²) in [7, 11) is 2.41. The fraction of sp³-hybridized carbons (Fsp3) is 0.941. The molecule has 20 heavy (non-hydrogen) atoms. The van der Waals surface area contributed by atoms with Crippen molar-refractivity contribution in [2.45, 2.75) is 78.1 Å². The number of nitrogens with zero attached hydrogens (tertiary/aromatic N) is 1. The van der Waals surface area contributed by atoms with Gasteiger partial charge in [-0.1, -0.05) is 46.0 Å². The summed E-state index contributed by atoms with van der Waals surface area (Å²) in [5, 5.41) is 9.92. The van der Waals surface area contributed by atoms with Crippen LogP contribution in [-0.2, 0) is 4.79 Å². The summed E-state index contributed by atoms with van der Waals surface area (Å²) in [4.78, 5) is 9.92. The highest BCUT2D eigenvalue weighted by Crippen LogP contribution is 2.16. The average Bonchev–Trinajstić information content (AvgIpc) is 2.84. The van der Waals surface area contributed by atoms with Crippen molar-refractivity contribution in [2.75, 3.05) is 26.7 Å². The maximum atomic E-state index is 9.92. The lowest BCUT2D eigenvalue weighted by Crippen LogP contribution is -2.41. The molecule has 0 unspecified atom stereocenters. The van der Waals surface area contributed by atoms with Crippen molar-refractivity contribution in [2.24, 2.45) is 0 Å². The number of likely N-dealkylation sites (tertiary alicyclic amines) is 1. The number of hydrogen-bond donors (Lipinski definition) is 0. The van der Waals surface area contributed by atoms with Gasteiger partial charge in [-0.3, -0.25) is 0 Å². The molecule has 120 valence electrons. The smallest absolute Gasteiger partial charge is 0.0786 e. The predicted molar refractivity (Wildman–Crippen MR) is 83.3 cm³/mol. The van der Waals surface area contributed by atoms with Gasteiger partial charge in [0.05, 0.1) is 26.7 Å². The zero-order valence-corrected chi connectivity index (χ0v) is 14.0.